The third-order valence-electron chi connectivity index (χ3n) is 3.90. The number of rotatable bonds is 6. The molecule has 0 aliphatic carbocycles. The Morgan fingerprint density at radius 1 is 0.931 bits per heavy atom. The molecule has 0 saturated carbocycles. The van der Waals surface area contributed by atoms with Crippen molar-refractivity contribution in [1.82, 2.24) is 15.4 Å². The van der Waals surface area contributed by atoms with Crippen molar-refractivity contribution >= 4 is 23.0 Å². The van der Waals surface area contributed by atoms with Crippen LogP contribution >= 0.6 is 0 Å². The highest BCUT2D eigenvalue weighted by Gasteiger charge is 2.20. The van der Waals surface area contributed by atoms with Gasteiger partial charge in [-0.25, -0.2) is 0 Å². The summed E-state index contributed by atoms with van der Waals surface area (Å²) in [6.07, 6.45) is 3.08. The first-order valence-electron chi connectivity index (χ1n) is 8.23. The number of anilines is 1. The monoisotopic (exact) mass is 394 g/mol. The molecule has 0 saturated heterocycles. The molecule has 1 amide bonds. The summed E-state index contributed by atoms with van der Waals surface area (Å²) in [5, 5.41) is 21.9. The first-order valence-corrected chi connectivity index (χ1v) is 8.23. The number of nitro groups is 2. The smallest absolute Gasteiger partial charge is 0.292 e. The van der Waals surface area contributed by atoms with Gasteiger partial charge in [0.05, 0.1) is 27.3 Å². The lowest BCUT2D eigenvalue weighted by Crippen LogP contribution is -2.29. The maximum absolute atomic E-state index is 12.4. The minimum Gasteiger partial charge on any atom is -0.292 e. The number of hydrogen-bond donors (Lipinski definition) is 2. The van der Waals surface area contributed by atoms with Crippen LogP contribution in [0.5, 0.6) is 0 Å². The van der Waals surface area contributed by atoms with Crippen LogP contribution in [-0.4, -0.2) is 25.7 Å². The number of nitrogens with zero attached hydrogens (tertiary/aromatic N) is 4. The molecule has 0 atom stereocenters. The highest BCUT2D eigenvalue weighted by Crippen LogP contribution is 2.28. The van der Waals surface area contributed by atoms with E-state index in [1.54, 1.807) is 6.20 Å². The van der Waals surface area contributed by atoms with Gasteiger partial charge in [-0.1, -0.05) is 0 Å². The summed E-state index contributed by atoms with van der Waals surface area (Å²) in [5.41, 5.74) is 6.01. The van der Waals surface area contributed by atoms with Gasteiger partial charge in [0.25, 0.3) is 11.6 Å². The van der Waals surface area contributed by atoms with Crippen LogP contribution in [0.25, 0.3) is 11.4 Å². The van der Waals surface area contributed by atoms with Crippen LogP contribution in [0.2, 0.25) is 0 Å². The van der Waals surface area contributed by atoms with Gasteiger partial charge in [-0.3, -0.25) is 45.8 Å². The fourth-order valence-corrected chi connectivity index (χ4v) is 2.47. The van der Waals surface area contributed by atoms with Crippen LogP contribution in [0.4, 0.5) is 17.1 Å². The highest BCUT2D eigenvalue weighted by molar-refractivity contribution is 5.95. The molecule has 0 fully saturated rings. The molecule has 2 N–H and O–H groups in total. The zero-order valence-corrected chi connectivity index (χ0v) is 15.0. The highest BCUT2D eigenvalue weighted by atomic mass is 16.6. The molecule has 1 aromatic carbocycles. The molecule has 3 aromatic rings. The third-order valence-corrected chi connectivity index (χ3v) is 3.90. The van der Waals surface area contributed by atoms with E-state index >= 15 is 0 Å². The summed E-state index contributed by atoms with van der Waals surface area (Å²) in [6, 6.07) is 9.70. The largest absolute Gasteiger partial charge is 0.300 e. The molecule has 0 aliphatic rings. The van der Waals surface area contributed by atoms with Gasteiger partial charge in [0.15, 0.2) is 0 Å². The predicted molar refractivity (Wildman–Crippen MR) is 103 cm³/mol. The summed E-state index contributed by atoms with van der Waals surface area (Å²) in [6.45, 7) is 1.91. The van der Waals surface area contributed by atoms with Crippen molar-refractivity contribution in [3.05, 3.63) is 86.2 Å². The number of non-ortho nitro benzene ring substituents is 1. The molecule has 0 bridgehead atoms. The number of benzene rings is 1. The fraction of sp³-hybridized carbons (Fsp3) is 0.0556. The summed E-state index contributed by atoms with van der Waals surface area (Å²) in [7, 11) is 0. The van der Waals surface area contributed by atoms with Crippen molar-refractivity contribution in [1.29, 1.82) is 0 Å². The topological polar surface area (TPSA) is 153 Å². The van der Waals surface area contributed by atoms with Gasteiger partial charge in [0.2, 0.25) is 0 Å². The number of aromatic nitrogens is 2. The summed E-state index contributed by atoms with van der Waals surface area (Å²) in [4.78, 5) is 41.3. The average molecular weight is 394 g/mol. The Balaban J connectivity index is 1.79. The molecule has 146 valence electrons. The molecule has 0 aliphatic heterocycles. The van der Waals surface area contributed by atoms with E-state index in [1.165, 1.54) is 18.3 Å². The Morgan fingerprint density at radius 3 is 2.28 bits per heavy atom. The minimum absolute atomic E-state index is 0.0939. The van der Waals surface area contributed by atoms with E-state index in [4.69, 9.17) is 0 Å². The zero-order chi connectivity index (χ0) is 21.0. The lowest BCUT2D eigenvalue weighted by molar-refractivity contribution is -0.393. The summed E-state index contributed by atoms with van der Waals surface area (Å²) in [5.74, 6) is -0.575. The third kappa shape index (κ3) is 4.47. The number of hydrogen-bond acceptors (Lipinski definition) is 8. The number of aryl methyl sites for hydroxylation is 1. The van der Waals surface area contributed by atoms with Crippen molar-refractivity contribution in [2.45, 2.75) is 6.92 Å². The Bertz CT molecular complexity index is 1120. The molecular weight excluding hydrogens is 380 g/mol. The lowest BCUT2D eigenvalue weighted by Gasteiger charge is -2.09. The standard InChI is InChI=1S/C18H14N6O5/c1-11-4-6-19-15(8-11)16-9-12(5-7-20-16)18(25)22-21-14-3-2-13(23(26)27)10-17(14)24(28)29/h2-10,21H,1H3,(H,22,25). The Kier molecular flexibility index (Phi) is 5.39. The van der Waals surface area contributed by atoms with Gasteiger partial charge in [0.1, 0.15) is 5.69 Å². The molecule has 2 heterocycles. The van der Waals surface area contributed by atoms with Crippen molar-refractivity contribution in [2.24, 2.45) is 0 Å². The van der Waals surface area contributed by atoms with Crippen LogP contribution in [0.1, 0.15) is 15.9 Å². The average Bonchev–Trinajstić information content (AvgIpc) is 2.71. The SMILES string of the molecule is Cc1ccnc(-c2cc(C(=O)NNc3ccc([N+](=O)[O-])cc3[N+](=O)[O-])ccn2)c1. The molecule has 0 unspecified atom stereocenters. The van der Waals surface area contributed by atoms with Gasteiger partial charge in [0, 0.05) is 24.0 Å². The van der Waals surface area contributed by atoms with E-state index in [-0.39, 0.29) is 11.3 Å². The molecule has 2 aromatic heterocycles. The maximum atomic E-state index is 12.4. The Labute approximate surface area is 163 Å². The van der Waals surface area contributed by atoms with Gasteiger partial charge < -0.3 is 0 Å². The predicted octanol–water partition coefficient (Wildman–Crippen LogP) is 3.03. The first-order chi connectivity index (χ1) is 13.8. The van der Waals surface area contributed by atoms with E-state index in [0.717, 1.165) is 23.8 Å². The number of pyridine rings is 2. The molecule has 11 heteroatoms. The van der Waals surface area contributed by atoms with Gasteiger partial charge in [-0.2, -0.15) is 0 Å². The van der Waals surface area contributed by atoms with Crippen molar-refractivity contribution < 1.29 is 14.6 Å². The molecule has 0 radical (unpaired) electrons. The van der Waals surface area contributed by atoms with Crippen LogP contribution in [0, 0.1) is 27.2 Å². The van der Waals surface area contributed by atoms with Crippen molar-refractivity contribution in [3.63, 3.8) is 0 Å². The van der Waals surface area contributed by atoms with Crippen LogP contribution in [-0.2, 0) is 0 Å². The molecular formula is C18H14N6O5. The minimum atomic E-state index is -0.782. The van der Waals surface area contributed by atoms with E-state index in [1.807, 2.05) is 19.1 Å². The van der Waals surface area contributed by atoms with Crippen molar-refractivity contribution in [2.75, 3.05) is 5.43 Å². The molecule has 29 heavy (non-hydrogen) atoms. The van der Waals surface area contributed by atoms with E-state index in [9.17, 15) is 25.0 Å². The normalized spacial score (nSPS) is 10.2. The Hall–Kier alpha value is -4.41. The van der Waals surface area contributed by atoms with Crippen LogP contribution in [0.3, 0.4) is 0 Å². The number of carbonyl (C=O) groups is 1. The Morgan fingerprint density at radius 2 is 1.62 bits per heavy atom. The van der Waals surface area contributed by atoms with Crippen molar-refractivity contribution in [3.8, 4) is 11.4 Å². The van der Waals surface area contributed by atoms with Crippen LogP contribution in [0.15, 0.2) is 54.9 Å². The van der Waals surface area contributed by atoms with Crippen LogP contribution < -0.4 is 10.9 Å². The van der Waals surface area contributed by atoms with Gasteiger partial charge >= 0.3 is 5.69 Å². The quantitative estimate of drug-likeness (QED) is 0.478. The number of carbonyl (C=O) groups excluding carboxylic acids is 1. The number of hydrazine groups is 1. The molecule has 11 nitrogen and oxygen atoms in total. The zero-order valence-electron chi connectivity index (χ0n) is 15.0. The van der Waals surface area contributed by atoms with Gasteiger partial charge in [-0.15, -0.1) is 0 Å². The lowest BCUT2D eigenvalue weighted by atomic mass is 10.1. The van der Waals surface area contributed by atoms with E-state index in [2.05, 4.69) is 20.8 Å². The summed E-state index contributed by atoms with van der Waals surface area (Å²) >= 11 is 0. The van der Waals surface area contributed by atoms with Gasteiger partial charge in [-0.05, 0) is 42.8 Å². The summed E-state index contributed by atoms with van der Waals surface area (Å²) < 4.78 is 0. The molecule has 3 rings (SSSR count). The fourth-order valence-electron chi connectivity index (χ4n) is 2.47. The van der Waals surface area contributed by atoms with E-state index in [0.29, 0.717) is 11.4 Å². The number of nitrogens with one attached hydrogen (secondary N) is 2. The number of amides is 1. The second kappa shape index (κ2) is 8.08. The molecule has 0 spiro atoms. The second-order valence-corrected chi connectivity index (χ2v) is 5.94. The second-order valence-electron chi connectivity index (χ2n) is 5.94. The number of nitro benzene ring substituents is 2. The maximum Gasteiger partial charge on any atom is 0.300 e. The first kappa shape index (κ1) is 19.4. The van der Waals surface area contributed by atoms with E-state index < -0.39 is 27.1 Å².